The summed E-state index contributed by atoms with van der Waals surface area (Å²) in [7, 11) is 4.22. The van der Waals surface area contributed by atoms with Crippen molar-refractivity contribution in [2.75, 3.05) is 17.7 Å². The average Bonchev–Trinajstić information content (AvgIpc) is 3.57. The van der Waals surface area contributed by atoms with E-state index in [1.54, 1.807) is 31.7 Å². The smallest absolute Gasteiger partial charge is 0.170 e. The molecule has 0 fully saturated rings. The van der Waals surface area contributed by atoms with Crippen molar-refractivity contribution < 1.29 is 9.18 Å². The minimum atomic E-state index is -0.380. The molecule has 13 heteroatoms. The van der Waals surface area contributed by atoms with Crippen LogP contribution in [0.5, 0.6) is 0 Å². The third-order valence-corrected chi connectivity index (χ3v) is 8.18. The summed E-state index contributed by atoms with van der Waals surface area (Å²) in [5.74, 6) is 0.111. The van der Waals surface area contributed by atoms with E-state index in [0.29, 0.717) is 40.1 Å². The second-order valence-corrected chi connectivity index (χ2v) is 10.6. The lowest BCUT2D eigenvalue weighted by Crippen LogP contribution is -2.09. The van der Waals surface area contributed by atoms with Crippen LogP contribution >= 0.6 is 49.0 Å². The summed E-state index contributed by atoms with van der Waals surface area (Å²) in [6.45, 7) is 0. The molecular weight excluding hydrogens is 618 g/mol. The number of hydrogen-bond acceptors (Lipinski definition) is 8. The Balaban J connectivity index is 0.000000356. The van der Waals surface area contributed by atoms with Gasteiger partial charge in [-0.1, -0.05) is 12.1 Å². The quantitative estimate of drug-likeness (QED) is 0.141. The Bertz CT molecular complexity index is 1470. The highest BCUT2D eigenvalue weighted by molar-refractivity contribution is 14.2. The van der Waals surface area contributed by atoms with Crippen LogP contribution in [0.4, 0.5) is 21.6 Å². The Hall–Kier alpha value is -2.59. The minimum Gasteiger partial charge on any atom is -0.386 e. The van der Waals surface area contributed by atoms with Crippen LogP contribution in [0, 0.1) is 5.82 Å². The molecule has 2 atom stereocenters. The summed E-state index contributed by atoms with van der Waals surface area (Å²) in [6.07, 6.45) is 6.23. The predicted molar refractivity (Wildman–Crippen MR) is 155 cm³/mol. The zero-order valence-corrected chi connectivity index (χ0v) is 23.4. The number of benzene rings is 1. The van der Waals surface area contributed by atoms with Gasteiger partial charge in [0, 0.05) is 18.8 Å². The van der Waals surface area contributed by atoms with E-state index in [2.05, 4.69) is 61.9 Å². The number of aldehydes is 1. The van der Waals surface area contributed by atoms with Gasteiger partial charge in [0.1, 0.15) is 29.7 Å². The SMILES string of the molecule is CNc1ccc(P)c(Nc2ncccc2-c2ncnc3c2ncn3PI)c1F.O=Cc1cccs1. The van der Waals surface area contributed by atoms with Gasteiger partial charge in [0.05, 0.1) is 22.6 Å². The van der Waals surface area contributed by atoms with Crippen molar-refractivity contribution in [3.63, 3.8) is 0 Å². The van der Waals surface area contributed by atoms with Gasteiger partial charge in [0.25, 0.3) is 0 Å². The summed E-state index contributed by atoms with van der Waals surface area (Å²) in [5, 5.41) is 8.55. The van der Waals surface area contributed by atoms with E-state index in [9.17, 15) is 9.18 Å². The molecule has 0 aliphatic heterocycles. The number of thiophene rings is 1. The lowest BCUT2D eigenvalue weighted by atomic mass is 10.1. The summed E-state index contributed by atoms with van der Waals surface area (Å²) in [4.78, 5) is 28.3. The van der Waals surface area contributed by atoms with Crippen molar-refractivity contribution in [3.8, 4) is 11.3 Å². The van der Waals surface area contributed by atoms with Gasteiger partial charge < -0.3 is 10.6 Å². The number of carbonyl (C=O) groups excluding carboxylic acids is 1. The number of nitrogens with one attached hydrogen (secondary N) is 2. The molecular formula is C22H19FIN7OP2S. The molecule has 0 radical (unpaired) electrons. The second-order valence-electron chi connectivity index (χ2n) is 6.89. The highest BCUT2D eigenvalue weighted by atomic mass is 127. The lowest BCUT2D eigenvalue weighted by Gasteiger charge is -2.15. The molecule has 8 nitrogen and oxygen atoms in total. The maximum atomic E-state index is 14.8. The van der Waals surface area contributed by atoms with Crippen molar-refractivity contribution in [1.29, 1.82) is 0 Å². The first-order chi connectivity index (χ1) is 17.1. The molecule has 0 saturated carbocycles. The highest BCUT2D eigenvalue weighted by Crippen LogP contribution is 2.34. The number of halogens is 2. The standard InChI is InChI=1S/C17H15FIN7P2.C5H4OS/c1-20-10-4-5-11(27)14(12(10)18)25-16-9(3-2-6-21-16)13-15-17(23-7-22-13)26(28-19)8-24-15;6-4-5-2-1-3-7-5/h2-8,20,28H,27H2,1H3,(H,21,25);1-4H. The molecule has 0 spiro atoms. The number of carbonyl (C=O) groups is 1. The number of hydrogen-bond donors (Lipinski definition) is 2. The Morgan fingerprint density at radius 1 is 1.17 bits per heavy atom. The first-order valence-corrected chi connectivity index (χ1v) is 15.6. The van der Waals surface area contributed by atoms with Crippen molar-refractivity contribution in [2.24, 2.45) is 0 Å². The van der Waals surface area contributed by atoms with E-state index in [1.807, 2.05) is 34.0 Å². The van der Waals surface area contributed by atoms with E-state index in [4.69, 9.17) is 0 Å². The van der Waals surface area contributed by atoms with E-state index in [1.165, 1.54) is 17.7 Å². The molecule has 0 saturated heterocycles. The Morgan fingerprint density at radius 2 is 2.03 bits per heavy atom. The molecule has 35 heavy (non-hydrogen) atoms. The summed E-state index contributed by atoms with van der Waals surface area (Å²) in [6, 6.07) is 10.8. The number of rotatable bonds is 6. The summed E-state index contributed by atoms with van der Waals surface area (Å²) >= 11 is 3.73. The van der Waals surface area contributed by atoms with Crippen LogP contribution in [0.2, 0.25) is 0 Å². The largest absolute Gasteiger partial charge is 0.386 e. The number of anilines is 3. The first kappa shape index (κ1) is 25.5. The lowest BCUT2D eigenvalue weighted by molar-refractivity contribution is 0.112. The molecule has 0 amide bonds. The predicted octanol–water partition coefficient (Wildman–Crippen LogP) is 5.67. The van der Waals surface area contributed by atoms with Crippen molar-refractivity contribution >= 4 is 88.9 Å². The molecule has 1 aromatic carbocycles. The van der Waals surface area contributed by atoms with Crippen LogP contribution in [0.15, 0.2) is 60.6 Å². The Morgan fingerprint density at radius 3 is 2.71 bits per heavy atom. The zero-order chi connectivity index (χ0) is 24.8. The van der Waals surface area contributed by atoms with Gasteiger partial charge >= 0.3 is 0 Å². The minimum absolute atomic E-state index is 0.335. The average molecular weight is 637 g/mol. The molecule has 5 aromatic rings. The number of pyridine rings is 1. The number of nitrogens with zero attached hydrogens (tertiary/aromatic N) is 5. The maximum Gasteiger partial charge on any atom is 0.170 e. The molecule has 0 bridgehead atoms. The Kier molecular flexibility index (Phi) is 8.67. The van der Waals surface area contributed by atoms with Gasteiger partial charge in [-0.25, -0.2) is 24.3 Å². The molecule has 2 N–H and O–H groups in total. The number of imidazole rings is 1. The fraction of sp³-hybridized carbons (Fsp3) is 0.0455. The molecule has 178 valence electrons. The van der Waals surface area contributed by atoms with E-state index >= 15 is 0 Å². The van der Waals surface area contributed by atoms with Crippen LogP contribution in [0.3, 0.4) is 0 Å². The topological polar surface area (TPSA) is 97.6 Å². The van der Waals surface area contributed by atoms with Crippen LogP contribution in [0.25, 0.3) is 22.4 Å². The van der Waals surface area contributed by atoms with Gasteiger partial charge in [-0.2, -0.15) is 0 Å². The molecule has 4 aromatic heterocycles. The third-order valence-electron chi connectivity index (χ3n) is 4.83. The fourth-order valence-electron chi connectivity index (χ4n) is 3.18. The van der Waals surface area contributed by atoms with Gasteiger partial charge in [-0.3, -0.25) is 9.13 Å². The summed E-state index contributed by atoms with van der Waals surface area (Å²) < 4.78 is 16.8. The Labute approximate surface area is 221 Å². The van der Waals surface area contributed by atoms with Crippen LogP contribution in [0.1, 0.15) is 9.67 Å². The normalized spacial score (nSPS) is 10.9. The third kappa shape index (κ3) is 5.64. The molecule has 4 heterocycles. The highest BCUT2D eigenvalue weighted by Gasteiger charge is 2.18. The monoisotopic (exact) mass is 637 g/mol. The second kappa shape index (κ2) is 11.9. The van der Waals surface area contributed by atoms with E-state index in [-0.39, 0.29) is 5.82 Å². The number of fused-ring (bicyclic) bond motifs is 1. The van der Waals surface area contributed by atoms with Gasteiger partial charge in [-0.15, -0.1) is 20.6 Å². The maximum absolute atomic E-state index is 14.8. The van der Waals surface area contributed by atoms with Crippen LogP contribution in [-0.2, 0) is 0 Å². The van der Waals surface area contributed by atoms with Crippen molar-refractivity contribution in [3.05, 3.63) is 71.3 Å². The summed E-state index contributed by atoms with van der Waals surface area (Å²) in [5.41, 5.74) is 3.53. The zero-order valence-electron chi connectivity index (χ0n) is 18.2. The van der Waals surface area contributed by atoms with Gasteiger partial charge in [0.2, 0.25) is 0 Å². The first-order valence-electron chi connectivity index (χ1n) is 10.1. The molecule has 0 aliphatic carbocycles. The van der Waals surface area contributed by atoms with E-state index in [0.717, 1.165) is 22.4 Å². The molecule has 2 unspecified atom stereocenters. The van der Waals surface area contributed by atoms with Gasteiger partial charge in [-0.05, 0) is 57.0 Å². The van der Waals surface area contributed by atoms with Crippen LogP contribution < -0.4 is 15.9 Å². The fourth-order valence-corrected chi connectivity index (χ4v) is 5.40. The van der Waals surface area contributed by atoms with Crippen LogP contribution in [-0.4, -0.2) is 37.6 Å². The van der Waals surface area contributed by atoms with Crippen molar-refractivity contribution in [1.82, 2.24) is 24.3 Å². The van der Waals surface area contributed by atoms with Gasteiger partial charge in [0.15, 0.2) is 17.8 Å². The molecule has 5 rings (SSSR count). The number of aromatic nitrogens is 5. The van der Waals surface area contributed by atoms with E-state index < -0.39 is 0 Å². The molecule has 0 aliphatic rings. The van der Waals surface area contributed by atoms with Crippen molar-refractivity contribution in [2.45, 2.75) is 0 Å².